The molecular weight excluding hydrogens is 168 g/mol. The van der Waals surface area contributed by atoms with Crippen LogP contribution in [-0.4, -0.2) is 10.1 Å². The highest BCUT2D eigenvalue weighted by molar-refractivity contribution is 5.93. The van der Waals surface area contributed by atoms with Crippen molar-refractivity contribution in [2.45, 2.75) is 0 Å². The highest BCUT2D eigenvalue weighted by Crippen LogP contribution is 2.24. The lowest BCUT2D eigenvalue weighted by Gasteiger charge is -2.02. The summed E-state index contributed by atoms with van der Waals surface area (Å²) in [6.45, 7) is 0. The van der Waals surface area contributed by atoms with Crippen LogP contribution in [0.2, 0.25) is 0 Å². The molecule has 0 spiro atoms. The molecule has 0 unspecified atom stereocenters. The number of nitrogens with one attached hydrogen (secondary N) is 1. The Hall–Kier alpha value is -1.97. The Morgan fingerprint density at radius 1 is 1.38 bits per heavy atom. The lowest BCUT2D eigenvalue weighted by Crippen LogP contribution is -2.06. The van der Waals surface area contributed by atoms with Gasteiger partial charge < -0.3 is 15.8 Å². The van der Waals surface area contributed by atoms with Gasteiger partial charge in [0.05, 0.1) is 5.52 Å². The molecule has 66 valence electrons. The van der Waals surface area contributed by atoms with Gasteiger partial charge in [0.1, 0.15) is 5.75 Å². The summed E-state index contributed by atoms with van der Waals surface area (Å²) in [6, 6.07) is 6.20. The van der Waals surface area contributed by atoms with E-state index in [4.69, 9.17) is 5.73 Å². The number of nitrogens with two attached hydrogens (primary N) is 1. The molecule has 0 atom stereocenters. The van der Waals surface area contributed by atoms with Crippen molar-refractivity contribution in [1.82, 2.24) is 4.98 Å². The van der Waals surface area contributed by atoms with Crippen LogP contribution in [0.15, 0.2) is 29.1 Å². The predicted molar refractivity (Wildman–Crippen MR) is 50.6 cm³/mol. The molecule has 0 radical (unpaired) electrons. The van der Waals surface area contributed by atoms with Crippen molar-refractivity contribution in [1.29, 1.82) is 0 Å². The van der Waals surface area contributed by atoms with E-state index in [2.05, 4.69) is 4.98 Å². The highest BCUT2D eigenvalue weighted by Gasteiger charge is 2.02. The fourth-order valence-electron chi connectivity index (χ4n) is 1.29. The zero-order valence-electron chi connectivity index (χ0n) is 6.74. The van der Waals surface area contributed by atoms with Crippen LogP contribution in [-0.2, 0) is 0 Å². The molecule has 0 aliphatic carbocycles. The maximum absolute atomic E-state index is 11.0. The van der Waals surface area contributed by atoms with E-state index in [1.54, 1.807) is 12.1 Å². The Morgan fingerprint density at radius 2 is 2.15 bits per heavy atom. The minimum Gasteiger partial charge on any atom is -0.506 e. The monoisotopic (exact) mass is 176 g/mol. The first kappa shape index (κ1) is 7.67. The number of nitrogen functional groups attached to an aromatic ring is 1. The number of hydrogen-bond acceptors (Lipinski definition) is 3. The normalized spacial score (nSPS) is 10.5. The van der Waals surface area contributed by atoms with Gasteiger partial charge in [-0.15, -0.1) is 0 Å². The van der Waals surface area contributed by atoms with Crippen LogP contribution in [0.1, 0.15) is 0 Å². The van der Waals surface area contributed by atoms with Crippen LogP contribution in [0.3, 0.4) is 0 Å². The Kier molecular flexibility index (Phi) is 1.48. The molecule has 2 rings (SSSR count). The van der Waals surface area contributed by atoms with Crippen molar-refractivity contribution in [3.8, 4) is 5.75 Å². The zero-order valence-corrected chi connectivity index (χ0v) is 6.74. The van der Waals surface area contributed by atoms with E-state index in [-0.39, 0.29) is 11.3 Å². The maximum Gasteiger partial charge on any atom is 0.250 e. The van der Waals surface area contributed by atoms with Gasteiger partial charge in [0, 0.05) is 17.1 Å². The lowest BCUT2D eigenvalue weighted by atomic mass is 10.2. The summed E-state index contributed by atoms with van der Waals surface area (Å²) in [5.41, 5.74) is 6.03. The Labute approximate surface area is 73.6 Å². The second-order valence-electron chi connectivity index (χ2n) is 2.79. The van der Waals surface area contributed by atoms with Crippen molar-refractivity contribution >= 4 is 16.6 Å². The second-order valence-corrected chi connectivity index (χ2v) is 2.79. The molecule has 0 saturated carbocycles. The van der Waals surface area contributed by atoms with Crippen LogP contribution < -0.4 is 11.3 Å². The molecule has 4 nitrogen and oxygen atoms in total. The number of H-pyrrole nitrogens is 1. The van der Waals surface area contributed by atoms with Crippen molar-refractivity contribution < 1.29 is 5.11 Å². The number of aromatic nitrogens is 1. The fraction of sp³-hybridized carbons (Fsp3) is 0. The number of anilines is 1. The van der Waals surface area contributed by atoms with Gasteiger partial charge in [0.15, 0.2) is 0 Å². The number of phenols is 1. The summed E-state index contributed by atoms with van der Waals surface area (Å²) in [5.74, 6) is 0.0295. The quantitative estimate of drug-likeness (QED) is 0.555. The highest BCUT2D eigenvalue weighted by atomic mass is 16.3. The van der Waals surface area contributed by atoms with Crippen molar-refractivity contribution in [3.05, 3.63) is 34.6 Å². The van der Waals surface area contributed by atoms with Gasteiger partial charge in [-0.1, -0.05) is 12.1 Å². The first-order valence-corrected chi connectivity index (χ1v) is 3.79. The van der Waals surface area contributed by atoms with Crippen molar-refractivity contribution in [3.63, 3.8) is 0 Å². The van der Waals surface area contributed by atoms with E-state index in [9.17, 15) is 9.90 Å². The first-order chi connectivity index (χ1) is 6.18. The van der Waals surface area contributed by atoms with E-state index in [1.807, 2.05) is 0 Å². The average molecular weight is 176 g/mol. The third-order valence-electron chi connectivity index (χ3n) is 1.89. The smallest absolute Gasteiger partial charge is 0.250 e. The fourth-order valence-corrected chi connectivity index (χ4v) is 1.29. The third kappa shape index (κ3) is 1.12. The molecule has 0 aliphatic rings. The number of rotatable bonds is 0. The minimum atomic E-state index is -0.313. The SMILES string of the molecule is Nc1cc(=O)[nH]c2c(O)cccc12. The van der Waals surface area contributed by atoms with E-state index in [0.717, 1.165) is 0 Å². The Bertz CT molecular complexity index is 516. The van der Waals surface area contributed by atoms with Crippen LogP contribution in [0.5, 0.6) is 5.75 Å². The predicted octanol–water partition coefficient (Wildman–Crippen LogP) is 0.816. The van der Waals surface area contributed by atoms with Gasteiger partial charge in [-0.25, -0.2) is 0 Å². The molecule has 0 bridgehead atoms. The van der Waals surface area contributed by atoms with Crippen LogP contribution in [0.25, 0.3) is 10.9 Å². The van der Waals surface area contributed by atoms with Crippen LogP contribution >= 0.6 is 0 Å². The van der Waals surface area contributed by atoms with Crippen molar-refractivity contribution in [2.75, 3.05) is 5.73 Å². The van der Waals surface area contributed by atoms with E-state index in [1.165, 1.54) is 12.1 Å². The molecule has 0 fully saturated rings. The Morgan fingerprint density at radius 3 is 2.92 bits per heavy atom. The van der Waals surface area contributed by atoms with Gasteiger partial charge in [-0.3, -0.25) is 4.79 Å². The summed E-state index contributed by atoms with van der Waals surface area (Å²) in [4.78, 5) is 13.5. The summed E-state index contributed by atoms with van der Waals surface area (Å²) >= 11 is 0. The topological polar surface area (TPSA) is 79.1 Å². The number of hydrogen-bond donors (Lipinski definition) is 3. The number of para-hydroxylation sites is 1. The second kappa shape index (κ2) is 2.52. The molecule has 1 aromatic carbocycles. The average Bonchev–Trinajstić information content (AvgIpc) is 2.07. The summed E-state index contributed by atoms with van der Waals surface area (Å²) in [5, 5.41) is 10.0. The van der Waals surface area contributed by atoms with Gasteiger partial charge >= 0.3 is 0 Å². The zero-order chi connectivity index (χ0) is 9.42. The molecular formula is C9H8N2O2. The summed E-state index contributed by atoms with van der Waals surface area (Å²) < 4.78 is 0. The molecule has 2 aromatic rings. The van der Waals surface area contributed by atoms with Crippen LogP contribution in [0, 0.1) is 0 Å². The molecule has 0 amide bonds. The molecule has 1 aromatic heterocycles. The van der Waals surface area contributed by atoms with Gasteiger partial charge in [0.2, 0.25) is 0 Å². The third-order valence-corrected chi connectivity index (χ3v) is 1.89. The number of fused-ring (bicyclic) bond motifs is 1. The van der Waals surface area contributed by atoms with E-state index >= 15 is 0 Å². The van der Waals surface area contributed by atoms with E-state index in [0.29, 0.717) is 16.6 Å². The number of aromatic hydroxyl groups is 1. The van der Waals surface area contributed by atoms with Crippen molar-refractivity contribution in [2.24, 2.45) is 0 Å². The Balaban J connectivity index is 3.03. The number of phenolic OH excluding ortho intramolecular Hbond substituents is 1. The molecule has 0 saturated heterocycles. The first-order valence-electron chi connectivity index (χ1n) is 3.79. The molecule has 1 heterocycles. The summed E-state index contributed by atoms with van der Waals surface area (Å²) in [7, 11) is 0. The molecule has 4 heteroatoms. The lowest BCUT2D eigenvalue weighted by molar-refractivity contribution is 0.480. The van der Waals surface area contributed by atoms with Gasteiger partial charge in [-0.05, 0) is 6.07 Å². The van der Waals surface area contributed by atoms with Crippen LogP contribution in [0.4, 0.5) is 5.69 Å². The standard InChI is InChI=1S/C9H8N2O2/c10-6-4-8(13)11-9-5(6)2-1-3-7(9)12/h1-4,12H,(H3,10,11,13). The number of benzene rings is 1. The number of pyridine rings is 1. The molecule has 4 N–H and O–H groups in total. The van der Waals surface area contributed by atoms with Gasteiger partial charge in [0.25, 0.3) is 5.56 Å². The largest absolute Gasteiger partial charge is 0.506 e. The minimum absolute atomic E-state index is 0.0295. The van der Waals surface area contributed by atoms with E-state index < -0.39 is 0 Å². The van der Waals surface area contributed by atoms with Gasteiger partial charge in [-0.2, -0.15) is 0 Å². The maximum atomic E-state index is 11.0. The summed E-state index contributed by atoms with van der Waals surface area (Å²) in [6.07, 6.45) is 0. The molecule has 0 aliphatic heterocycles. The number of aromatic amines is 1. The molecule has 13 heavy (non-hydrogen) atoms.